The van der Waals surface area contributed by atoms with E-state index in [0.29, 0.717) is 17.4 Å². The molecule has 0 aromatic heterocycles. The molecule has 0 N–H and O–H groups in total. The second-order valence-corrected chi connectivity index (χ2v) is 23.7. The quantitative estimate of drug-likeness (QED) is 0.0195. The molecular weight excluding hydrogens is 995 g/mol. The molecule has 80 heavy (non-hydrogen) atoms. The highest BCUT2D eigenvalue weighted by Crippen LogP contribution is 2.18. The summed E-state index contributed by atoms with van der Waals surface area (Å²) < 4.78 is 22.8. The number of quaternary nitrogens is 1. The Hall–Kier alpha value is -3.27. The van der Waals surface area contributed by atoms with Crippen LogP contribution in [0.3, 0.4) is 0 Å². The number of esters is 2. The standard InChI is InChI=1S/C71H127NO8/c1-6-8-10-12-14-16-18-20-22-24-26-27-28-29-30-31-32-33-34-35-36-37-38-39-40-41-42-43-44-46-48-50-52-54-56-58-60-62-69(74)80-67(66-79-71(70(75)76)77-64-63-72(3,4)5)65-78-68(73)61-59-57-55-53-51-49-47-45-25-23-21-19-17-15-13-11-9-7-2/h8,10,14,16-17,19-20,22-23,25-27,67,71H,6-7,9,11-13,15,18,21,24,28-66H2,1-5H3/b10-8-,16-14-,19-17-,22-20-,25-23-,27-26-. The summed E-state index contributed by atoms with van der Waals surface area (Å²) >= 11 is 0. The highest BCUT2D eigenvalue weighted by Gasteiger charge is 2.22. The number of likely N-dealkylation sites (N-methyl/N-ethyl adjacent to an activating group) is 1. The number of ether oxygens (including phenoxy) is 4. The van der Waals surface area contributed by atoms with Crippen LogP contribution < -0.4 is 5.11 Å². The average molecular weight is 1120 g/mol. The molecular formula is C71H127NO8. The van der Waals surface area contributed by atoms with Gasteiger partial charge < -0.3 is 33.3 Å². The van der Waals surface area contributed by atoms with Crippen molar-refractivity contribution in [2.75, 3.05) is 47.5 Å². The number of carbonyl (C=O) groups excluding carboxylic acids is 3. The number of hydrogen-bond donors (Lipinski definition) is 0. The van der Waals surface area contributed by atoms with Crippen LogP contribution in [0.5, 0.6) is 0 Å². The molecule has 0 rings (SSSR count). The first kappa shape index (κ1) is 76.7. The zero-order valence-corrected chi connectivity index (χ0v) is 52.9. The summed E-state index contributed by atoms with van der Waals surface area (Å²) in [5.41, 5.74) is 0. The molecule has 0 saturated carbocycles. The molecule has 2 atom stereocenters. The fourth-order valence-corrected chi connectivity index (χ4v) is 9.56. The third-order valence-electron chi connectivity index (χ3n) is 14.7. The predicted octanol–water partition coefficient (Wildman–Crippen LogP) is 19.2. The average Bonchev–Trinajstić information content (AvgIpc) is 3.43. The van der Waals surface area contributed by atoms with Gasteiger partial charge in [-0.1, -0.05) is 279 Å². The lowest BCUT2D eigenvalue weighted by Gasteiger charge is -2.26. The second kappa shape index (κ2) is 61.8. The van der Waals surface area contributed by atoms with Gasteiger partial charge in [0.15, 0.2) is 12.4 Å². The van der Waals surface area contributed by atoms with Crippen molar-refractivity contribution < 1.29 is 42.9 Å². The van der Waals surface area contributed by atoms with Crippen molar-refractivity contribution in [3.63, 3.8) is 0 Å². The first-order valence-electron chi connectivity index (χ1n) is 33.6. The van der Waals surface area contributed by atoms with E-state index in [0.717, 1.165) is 77.0 Å². The molecule has 0 aliphatic carbocycles. The lowest BCUT2D eigenvalue weighted by atomic mass is 10.0. The molecule has 0 bridgehead atoms. The topological polar surface area (TPSA) is 111 Å². The van der Waals surface area contributed by atoms with E-state index in [4.69, 9.17) is 18.9 Å². The molecule has 0 radical (unpaired) electrons. The number of unbranched alkanes of at least 4 members (excludes halogenated alkanes) is 35. The van der Waals surface area contributed by atoms with Gasteiger partial charge in [-0.15, -0.1) is 0 Å². The van der Waals surface area contributed by atoms with Gasteiger partial charge in [0.05, 0.1) is 40.3 Å². The summed E-state index contributed by atoms with van der Waals surface area (Å²) in [7, 11) is 5.93. The van der Waals surface area contributed by atoms with Crippen LogP contribution in [-0.2, 0) is 33.3 Å². The van der Waals surface area contributed by atoms with E-state index in [1.165, 1.54) is 193 Å². The highest BCUT2D eigenvalue weighted by atomic mass is 16.7. The van der Waals surface area contributed by atoms with Gasteiger partial charge in [0, 0.05) is 12.8 Å². The Morgan fingerprint density at radius 3 is 1.06 bits per heavy atom. The first-order valence-corrected chi connectivity index (χ1v) is 33.6. The maximum absolute atomic E-state index is 12.9. The molecule has 0 saturated heterocycles. The number of allylic oxidation sites excluding steroid dienone is 12. The monoisotopic (exact) mass is 1120 g/mol. The fourth-order valence-electron chi connectivity index (χ4n) is 9.56. The minimum Gasteiger partial charge on any atom is -0.545 e. The number of hydrogen-bond acceptors (Lipinski definition) is 8. The van der Waals surface area contributed by atoms with E-state index in [1.807, 2.05) is 21.1 Å². The van der Waals surface area contributed by atoms with Gasteiger partial charge in [0.25, 0.3) is 0 Å². The van der Waals surface area contributed by atoms with E-state index < -0.39 is 24.3 Å². The lowest BCUT2D eigenvalue weighted by Crippen LogP contribution is -2.44. The van der Waals surface area contributed by atoms with Crippen molar-refractivity contribution in [3.8, 4) is 0 Å². The van der Waals surface area contributed by atoms with Crippen LogP contribution in [0.25, 0.3) is 0 Å². The highest BCUT2D eigenvalue weighted by molar-refractivity contribution is 5.70. The number of rotatable bonds is 62. The normalized spacial score (nSPS) is 13.2. The minimum atomic E-state index is -1.62. The Labute approximate surface area is 494 Å². The van der Waals surface area contributed by atoms with Gasteiger partial charge in [-0.2, -0.15) is 0 Å². The third-order valence-corrected chi connectivity index (χ3v) is 14.7. The smallest absolute Gasteiger partial charge is 0.306 e. The third kappa shape index (κ3) is 62.3. The summed E-state index contributed by atoms with van der Waals surface area (Å²) in [6.45, 7) is 4.64. The van der Waals surface area contributed by atoms with Crippen LogP contribution in [0.2, 0.25) is 0 Å². The maximum atomic E-state index is 12.9. The SMILES string of the molecule is CC/C=C\C/C=C\C/C=C\C/C=C\CCCCCCCCCCCCCCCCCCCCCCCCCCC(=O)OC(COC(=O)CCCCCCCCC/C=C\C/C=C\CCCCCC)COC(OCC[N+](C)(C)C)C(=O)[O-]. The molecule has 2 unspecified atom stereocenters. The van der Waals surface area contributed by atoms with Crippen molar-refractivity contribution in [2.24, 2.45) is 0 Å². The molecule has 0 aliphatic heterocycles. The van der Waals surface area contributed by atoms with E-state index in [2.05, 4.69) is 86.8 Å². The van der Waals surface area contributed by atoms with Gasteiger partial charge in [-0.25, -0.2) is 0 Å². The summed E-state index contributed by atoms with van der Waals surface area (Å²) in [4.78, 5) is 37.4. The van der Waals surface area contributed by atoms with Crippen molar-refractivity contribution >= 4 is 17.9 Å². The number of aliphatic carboxylic acids is 1. The summed E-state index contributed by atoms with van der Waals surface area (Å²) in [5, 5.41) is 11.8. The van der Waals surface area contributed by atoms with E-state index in [1.54, 1.807) is 0 Å². The Morgan fingerprint density at radius 1 is 0.388 bits per heavy atom. The Balaban J connectivity index is 4.02. The second-order valence-electron chi connectivity index (χ2n) is 23.7. The predicted molar refractivity (Wildman–Crippen MR) is 338 cm³/mol. The van der Waals surface area contributed by atoms with Crippen LogP contribution in [0, 0.1) is 0 Å². The number of carboxylic acid groups (broad SMARTS) is 1. The largest absolute Gasteiger partial charge is 0.545 e. The van der Waals surface area contributed by atoms with Gasteiger partial charge in [0.2, 0.25) is 0 Å². The van der Waals surface area contributed by atoms with E-state index >= 15 is 0 Å². The van der Waals surface area contributed by atoms with Crippen LogP contribution in [-0.4, -0.2) is 82.3 Å². The minimum absolute atomic E-state index is 0.146. The molecule has 0 heterocycles. The number of carbonyl (C=O) groups is 3. The van der Waals surface area contributed by atoms with E-state index in [-0.39, 0.29) is 38.6 Å². The first-order chi connectivity index (χ1) is 39.1. The summed E-state index contributed by atoms with van der Waals surface area (Å²) in [6.07, 6.45) is 78.4. The Morgan fingerprint density at radius 2 is 0.713 bits per heavy atom. The van der Waals surface area contributed by atoms with Crippen LogP contribution in [0.1, 0.15) is 303 Å². The van der Waals surface area contributed by atoms with E-state index in [9.17, 15) is 19.5 Å². The van der Waals surface area contributed by atoms with Crippen LogP contribution >= 0.6 is 0 Å². The zero-order valence-electron chi connectivity index (χ0n) is 52.9. The van der Waals surface area contributed by atoms with Gasteiger partial charge in [-0.05, 0) is 83.5 Å². The summed E-state index contributed by atoms with van der Waals surface area (Å²) in [6, 6.07) is 0. The fraction of sp³-hybridized carbons (Fsp3) is 0.789. The number of carboxylic acids is 1. The molecule has 0 aromatic rings. The molecule has 0 spiro atoms. The van der Waals surface area contributed by atoms with Crippen LogP contribution in [0.4, 0.5) is 0 Å². The lowest BCUT2D eigenvalue weighted by molar-refractivity contribution is -0.870. The molecule has 0 aliphatic rings. The van der Waals surface area contributed by atoms with Gasteiger partial charge in [-0.3, -0.25) is 9.59 Å². The molecule has 464 valence electrons. The van der Waals surface area contributed by atoms with Crippen molar-refractivity contribution in [2.45, 2.75) is 315 Å². The molecule has 0 fully saturated rings. The Bertz CT molecular complexity index is 1540. The summed E-state index contributed by atoms with van der Waals surface area (Å²) in [5.74, 6) is -2.28. The molecule has 0 aromatic carbocycles. The molecule has 9 heteroatoms. The van der Waals surface area contributed by atoms with Gasteiger partial charge >= 0.3 is 11.9 Å². The molecule has 0 amide bonds. The van der Waals surface area contributed by atoms with Crippen molar-refractivity contribution in [3.05, 3.63) is 72.9 Å². The number of nitrogens with zero attached hydrogens (tertiary/aromatic N) is 1. The van der Waals surface area contributed by atoms with Crippen LogP contribution in [0.15, 0.2) is 72.9 Å². The van der Waals surface area contributed by atoms with Crippen molar-refractivity contribution in [1.29, 1.82) is 0 Å². The zero-order chi connectivity index (χ0) is 58.3. The Kier molecular flexibility index (Phi) is 59.3. The van der Waals surface area contributed by atoms with Crippen molar-refractivity contribution in [1.82, 2.24) is 0 Å². The maximum Gasteiger partial charge on any atom is 0.306 e. The van der Waals surface area contributed by atoms with Gasteiger partial charge in [0.1, 0.15) is 13.2 Å². The molecule has 9 nitrogen and oxygen atoms in total.